The van der Waals surface area contributed by atoms with Gasteiger partial charge in [0.2, 0.25) is 0 Å². The first-order valence-corrected chi connectivity index (χ1v) is 5.65. The summed E-state index contributed by atoms with van der Waals surface area (Å²) in [4.78, 5) is 0. The van der Waals surface area contributed by atoms with Crippen molar-refractivity contribution in [3.8, 4) is 5.75 Å². The molecular weight excluding hydrogens is 283 g/mol. The lowest BCUT2D eigenvalue weighted by molar-refractivity contribution is -0.0441. The van der Waals surface area contributed by atoms with Crippen LogP contribution in [-0.2, 0) is 9.47 Å². The highest BCUT2D eigenvalue weighted by Gasteiger charge is 2.23. The van der Waals surface area contributed by atoms with Crippen molar-refractivity contribution in [2.75, 3.05) is 20.3 Å². The smallest absolute Gasteiger partial charge is 0.185 e. The largest absolute Gasteiger partial charge is 0.497 e. The van der Waals surface area contributed by atoms with E-state index < -0.39 is 0 Å². The van der Waals surface area contributed by atoms with Crippen molar-refractivity contribution in [1.82, 2.24) is 0 Å². The summed E-state index contributed by atoms with van der Waals surface area (Å²) in [5.74, 6) is 0.723. The van der Waals surface area contributed by atoms with Crippen LogP contribution in [0.1, 0.15) is 11.9 Å². The van der Waals surface area contributed by atoms with Crippen LogP contribution in [0, 0.1) is 0 Å². The summed E-state index contributed by atoms with van der Waals surface area (Å²) < 4.78 is 16.7. The van der Waals surface area contributed by atoms with Gasteiger partial charge >= 0.3 is 0 Å². The molecule has 0 amide bonds. The van der Waals surface area contributed by atoms with Crippen LogP contribution in [-0.4, -0.2) is 20.3 Å². The molecule has 0 aromatic heterocycles. The van der Waals surface area contributed by atoms with E-state index in [1.165, 1.54) is 0 Å². The molecule has 0 spiro atoms. The summed E-state index contributed by atoms with van der Waals surface area (Å²) in [6, 6.07) is 3.63. The Hall–Kier alpha value is -0.290. The monoisotopic (exact) mass is 292 g/mol. The van der Waals surface area contributed by atoms with E-state index in [-0.39, 0.29) is 6.29 Å². The molecule has 1 aromatic rings. The van der Waals surface area contributed by atoms with E-state index in [4.69, 9.17) is 25.8 Å². The third kappa shape index (κ3) is 2.28. The van der Waals surface area contributed by atoms with Gasteiger partial charge in [-0.05, 0) is 28.1 Å². The molecule has 0 unspecified atom stereocenters. The molecule has 1 fully saturated rings. The van der Waals surface area contributed by atoms with Crippen LogP contribution in [0.15, 0.2) is 16.6 Å². The summed E-state index contributed by atoms with van der Waals surface area (Å²) in [5.41, 5.74) is 0.792. The lowest BCUT2D eigenvalue weighted by Crippen LogP contribution is -2.00. The molecule has 2 rings (SSSR count). The fourth-order valence-corrected chi connectivity index (χ4v) is 2.06. The summed E-state index contributed by atoms with van der Waals surface area (Å²) >= 11 is 9.50. The van der Waals surface area contributed by atoms with Crippen molar-refractivity contribution >= 4 is 27.5 Å². The second kappa shape index (κ2) is 4.70. The van der Waals surface area contributed by atoms with E-state index >= 15 is 0 Å². The van der Waals surface area contributed by atoms with Crippen molar-refractivity contribution in [3.63, 3.8) is 0 Å². The van der Waals surface area contributed by atoms with E-state index in [0.29, 0.717) is 18.2 Å². The molecule has 1 aliphatic rings. The molecule has 0 N–H and O–H groups in total. The highest BCUT2D eigenvalue weighted by Crippen LogP contribution is 2.37. The first-order chi connectivity index (χ1) is 7.22. The maximum absolute atomic E-state index is 6.14. The van der Waals surface area contributed by atoms with E-state index in [9.17, 15) is 0 Å². The van der Waals surface area contributed by atoms with Gasteiger partial charge in [-0.25, -0.2) is 0 Å². The van der Waals surface area contributed by atoms with Crippen LogP contribution in [0.2, 0.25) is 5.02 Å². The van der Waals surface area contributed by atoms with Crippen LogP contribution in [0.4, 0.5) is 0 Å². The second-order valence-corrected chi connectivity index (χ2v) is 4.32. The molecule has 1 aromatic carbocycles. The third-order valence-corrected chi connectivity index (χ3v) is 3.42. The van der Waals surface area contributed by atoms with Crippen molar-refractivity contribution in [1.29, 1.82) is 0 Å². The van der Waals surface area contributed by atoms with Gasteiger partial charge < -0.3 is 14.2 Å². The number of ether oxygens (including phenoxy) is 3. The van der Waals surface area contributed by atoms with Gasteiger partial charge in [-0.2, -0.15) is 0 Å². The predicted molar refractivity (Wildman–Crippen MR) is 60.3 cm³/mol. The zero-order valence-corrected chi connectivity index (χ0v) is 10.5. The topological polar surface area (TPSA) is 27.7 Å². The lowest BCUT2D eigenvalue weighted by Gasteiger charge is -2.13. The fourth-order valence-electron chi connectivity index (χ4n) is 1.41. The first-order valence-electron chi connectivity index (χ1n) is 4.48. The van der Waals surface area contributed by atoms with Gasteiger partial charge in [0.25, 0.3) is 0 Å². The molecule has 0 atom stereocenters. The third-order valence-electron chi connectivity index (χ3n) is 2.14. The lowest BCUT2D eigenvalue weighted by atomic mass is 10.2. The minimum absolute atomic E-state index is 0.385. The summed E-state index contributed by atoms with van der Waals surface area (Å²) in [5, 5.41) is 0.600. The molecule has 0 saturated carbocycles. The number of hydrogen-bond acceptors (Lipinski definition) is 3. The molecule has 1 aliphatic heterocycles. The van der Waals surface area contributed by atoms with Crippen molar-refractivity contribution in [2.24, 2.45) is 0 Å². The van der Waals surface area contributed by atoms with Gasteiger partial charge in [0.05, 0.1) is 25.3 Å². The van der Waals surface area contributed by atoms with Crippen molar-refractivity contribution in [2.45, 2.75) is 6.29 Å². The first kappa shape index (κ1) is 11.2. The van der Waals surface area contributed by atoms with Crippen molar-refractivity contribution in [3.05, 3.63) is 27.2 Å². The molecule has 0 bridgehead atoms. The van der Waals surface area contributed by atoms with Gasteiger partial charge in [0.15, 0.2) is 6.29 Å². The van der Waals surface area contributed by atoms with E-state index in [1.807, 2.05) is 6.07 Å². The van der Waals surface area contributed by atoms with Crippen LogP contribution in [0.25, 0.3) is 0 Å². The average Bonchev–Trinajstić information content (AvgIpc) is 2.75. The quantitative estimate of drug-likeness (QED) is 0.838. The Morgan fingerprint density at radius 2 is 2.07 bits per heavy atom. The molecule has 3 nitrogen and oxygen atoms in total. The van der Waals surface area contributed by atoms with E-state index in [0.717, 1.165) is 15.8 Å². The van der Waals surface area contributed by atoms with Gasteiger partial charge in [0, 0.05) is 10.0 Å². The Labute approximate surface area is 101 Å². The molecule has 0 aliphatic carbocycles. The number of rotatable bonds is 2. The molecule has 15 heavy (non-hydrogen) atoms. The molecule has 1 heterocycles. The molecule has 82 valence electrons. The average molecular weight is 294 g/mol. The SMILES string of the molecule is COc1cc(Br)c(Cl)c(C2OCCO2)c1. The number of methoxy groups -OCH3 is 1. The Balaban J connectivity index is 2.39. The number of halogens is 2. The highest BCUT2D eigenvalue weighted by molar-refractivity contribution is 9.10. The summed E-state index contributed by atoms with van der Waals surface area (Å²) in [6.45, 7) is 1.19. The summed E-state index contributed by atoms with van der Waals surface area (Å²) in [7, 11) is 1.61. The highest BCUT2D eigenvalue weighted by atomic mass is 79.9. The Bertz CT molecular complexity index is 364. The molecule has 0 radical (unpaired) electrons. The minimum Gasteiger partial charge on any atom is -0.497 e. The van der Waals surface area contributed by atoms with Gasteiger partial charge in [0.1, 0.15) is 5.75 Å². The van der Waals surface area contributed by atoms with E-state index in [1.54, 1.807) is 13.2 Å². The Kier molecular flexibility index (Phi) is 3.51. The summed E-state index contributed by atoms with van der Waals surface area (Å²) in [6.07, 6.45) is -0.385. The minimum atomic E-state index is -0.385. The number of hydrogen-bond donors (Lipinski definition) is 0. The standard InChI is InChI=1S/C10H10BrClO3/c1-13-6-4-7(9(12)8(11)5-6)10-14-2-3-15-10/h4-5,10H,2-3H2,1H3. The zero-order valence-electron chi connectivity index (χ0n) is 8.13. The van der Waals surface area contributed by atoms with Crippen LogP contribution in [0.3, 0.4) is 0 Å². The van der Waals surface area contributed by atoms with Crippen LogP contribution in [0.5, 0.6) is 5.75 Å². The predicted octanol–water partition coefficient (Wildman–Crippen LogP) is 3.16. The number of benzene rings is 1. The fraction of sp³-hybridized carbons (Fsp3) is 0.400. The Morgan fingerprint density at radius 1 is 1.40 bits per heavy atom. The maximum Gasteiger partial charge on any atom is 0.185 e. The second-order valence-electron chi connectivity index (χ2n) is 3.09. The van der Waals surface area contributed by atoms with Gasteiger partial charge in [-0.15, -0.1) is 0 Å². The van der Waals surface area contributed by atoms with Crippen molar-refractivity contribution < 1.29 is 14.2 Å². The van der Waals surface area contributed by atoms with Gasteiger partial charge in [-0.1, -0.05) is 11.6 Å². The van der Waals surface area contributed by atoms with Crippen LogP contribution < -0.4 is 4.74 Å². The Morgan fingerprint density at radius 3 is 2.67 bits per heavy atom. The van der Waals surface area contributed by atoms with Gasteiger partial charge in [-0.3, -0.25) is 0 Å². The van der Waals surface area contributed by atoms with Crippen LogP contribution >= 0.6 is 27.5 Å². The zero-order chi connectivity index (χ0) is 10.8. The molecular formula is C10H10BrClO3. The molecule has 1 saturated heterocycles. The molecule has 5 heteroatoms. The van der Waals surface area contributed by atoms with E-state index in [2.05, 4.69) is 15.9 Å². The normalized spacial score (nSPS) is 17.0. The maximum atomic E-state index is 6.14.